The van der Waals surface area contributed by atoms with E-state index in [1.165, 1.54) is 18.1 Å². The van der Waals surface area contributed by atoms with Crippen LogP contribution in [0.25, 0.3) is 0 Å². The molecule has 92 valence electrons. The zero-order valence-electron chi connectivity index (χ0n) is 10.3. The number of nitrogens with zero attached hydrogens (tertiary/aromatic N) is 1. The summed E-state index contributed by atoms with van der Waals surface area (Å²) >= 11 is 0. The molecule has 1 saturated heterocycles. The van der Waals surface area contributed by atoms with Gasteiger partial charge in [-0.15, -0.1) is 0 Å². The first-order chi connectivity index (χ1) is 8.06. The highest BCUT2D eigenvalue weighted by Crippen LogP contribution is 2.33. The molecule has 4 heteroatoms. The number of carbonyl (C=O) groups is 1. The summed E-state index contributed by atoms with van der Waals surface area (Å²) in [4.78, 5) is 16.3. The number of esters is 1. The predicted molar refractivity (Wildman–Crippen MR) is 62.9 cm³/mol. The number of benzene rings is 1. The maximum absolute atomic E-state index is 10.9. The van der Waals surface area contributed by atoms with Gasteiger partial charge in [0.1, 0.15) is 0 Å². The van der Waals surface area contributed by atoms with Crippen molar-refractivity contribution in [3.05, 3.63) is 35.4 Å². The smallest absolute Gasteiger partial charge is 0.304 e. The highest BCUT2D eigenvalue weighted by Gasteiger charge is 2.33. The van der Waals surface area contributed by atoms with E-state index in [0.29, 0.717) is 6.42 Å². The Hall–Kier alpha value is -1.39. The predicted octanol–water partition coefficient (Wildman–Crippen LogP) is 2.19. The van der Waals surface area contributed by atoms with Crippen molar-refractivity contribution in [3.63, 3.8) is 0 Å². The first kappa shape index (κ1) is 12.1. The maximum atomic E-state index is 10.9. The van der Waals surface area contributed by atoms with Crippen LogP contribution in [0.4, 0.5) is 0 Å². The minimum absolute atomic E-state index is 0.139. The average molecular weight is 235 g/mol. The van der Waals surface area contributed by atoms with E-state index in [-0.39, 0.29) is 12.0 Å². The molecule has 1 aromatic carbocycles. The third kappa shape index (κ3) is 2.84. The van der Waals surface area contributed by atoms with Gasteiger partial charge in [0.2, 0.25) is 6.29 Å². The van der Waals surface area contributed by atoms with Crippen LogP contribution in [0.3, 0.4) is 0 Å². The van der Waals surface area contributed by atoms with Gasteiger partial charge in [-0.1, -0.05) is 29.8 Å². The van der Waals surface area contributed by atoms with E-state index in [1.807, 2.05) is 7.05 Å². The molecule has 0 radical (unpaired) electrons. The number of rotatable bonds is 2. The molecule has 0 N–H and O–H groups in total. The first-order valence-electron chi connectivity index (χ1n) is 5.69. The Labute approximate surface area is 101 Å². The second-order valence-corrected chi connectivity index (χ2v) is 4.35. The molecule has 1 aromatic rings. The lowest BCUT2D eigenvalue weighted by atomic mass is 10.0. The largest absolute Gasteiger partial charge is 0.434 e. The zero-order chi connectivity index (χ0) is 12.4. The van der Waals surface area contributed by atoms with Crippen molar-refractivity contribution in [1.82, 2.24) is 5.06 Å². The average Bonchev–Trinajstić information content (AvgIpc) is 2.59. The van der Waals surface area contributed by atoms with Crippen molar-refractivity contribution in [2.75, 3.05) is 7.05 Å². The van der Waals surface area contributed by atoms with E-state index in [1.54, 1.807) is 5.06 Å². The molecule has 0 saturated carbocycles. The highest BCUT2D eigenvalue weighted by molar-refractivity contribution is 5.66. The summed E-state index contributed by atoms with van der Waals surface area (Å²) in [5.41, 5.74) is 2.40. The molecule has 1 aliphatic heterocycles. The Kier molecular flexibility index (Phi) is 3.45. The van der Waals surface area contributed by atoms with Crippen LogP contribution in [0.15, 0.2) is 24.3 Å². The fourth-order valence-corrected chi connectivity index (χ4v) is 2.02. The van der Waals surface area contributed by atoms with Crippen LogP contribution >= 0.6 is 0 Å². The molecule has 17 heavy (non-hydrogen) atoms. The van der Waals surface area contributed by atoms with Gasteiger partial charge in [0, 0.05) is 20.4 Å². The van der Waals surface area contributed by atoms with Crippen LogP contribution in [0.2, 0.25) is 0 Å². The molecule has 4 nitrogen and oxygen atoms in total. The summed E-state index contributed by atoms with van der Waals surface area (Å²) in [5, 5.41) is 1.75. The number of ether oxygens (including phenoxy) is 1. The molecule has 0 aromatic heterocycles. The van der Waals surface area contributed by atoms with E-state index < -0.39 is 6.29 Å². The van der Waals surface area contributed by atoms with Gasteiger partial charge in [0.05, 0.1) is 6.04 Å². The fourth-order valence-electron chi connectivity index (χ4n) is 2.02. The van der Waals surface area contributed by atoms with Gasteiger partial charge in [-0.05, 0) is 12.5 Å². The molecular formula is C13H17NO3. The van der Waals surface area contributed by atoms with E-state index in [0.717, 1.165) is 0 Å². The molecule has 0 aliphatic carbocycles. The molecule has 1 fully saturated rings. The molecule has 0 spiro atoms. The van der Waals surface area contributed by atoms with Crippen molar-refractivity contribution in [1.29, 1.82) is 0 Å². The van der Waals surface area contributed by atoms with Crippen LogP contribution in [-0.2, 0) is 14.4 Å². The number of hydroxylamine groups is 2. The molecule has 1 heterocycles. The lowest BCUT2D eigenvalue weighted by molar-refractivity contribution is -0.225. The summed E-state index contributed by atoms with van der Waals surface area (Å²) in [6.07, 6.45) is 0.197. The lowest BCUT2D eigenvalue weighted by Crippen LogP contribution is -2.19. The minimum atomic E-state index is -0.469. The molecule has 0 amide bonds. The topological polar surface area (TPSA) is 38.8 Å². The van der Waals surface area contributed by atoms with Crippen LogP contribution in [-0.4, -0.2) is 24.4 Å². The van der Waals surface area contributed by atoms with Crippen LogP contribution in [0, 0.1) is 6.92 Å². The van der Waals surface area contributed by atoms with Crippen molar-refractivity contribution >= 4 is 5.97 Å². The van der Waals surface area contributed by atoms with Gasteiger partial charge in [0.25, 0.3) is 0 Å². The quantitative estimate of drug-likeness (QED) is 0.737. The van der Waals surface area contributed by atoms with Crippen LogP contribution < -0.4 is 0 Å². The highest BCUT2D eigenvalue weighted by atomic mass is 16.8. The van der Waals surface area contributed by atoms with E-state index in [4.69, 9.17) is 9.57 Å². The van der Waals surface area contributed by atoms with Gasteiger partial charge >= 0.3 is 5.97 Å². The van der Waals surface area contributed by atoms with Crippen molar-refractivity contribution in [3.8, 4) is 0 Å². The molecule has 0 unspecified atom stereocenters. The summed E-state index contributed by atoms with van der Waals surface area (Å²) < 4.78 is 5.05. The number of carbonyl (C=O) groups excluding carboxylic acids is 1. The van der Waals surface area contributed by atoms with E-state index in [9.17, 15) is 4.79 Å². The summed E-state index contributed by atoms with van der Waals surface area (Å²) in [7, 11) is 1.86. The summed E-state index contributed by atoms with van der Waals surface area (Å²) in [6.45, 7) is 3.45. The Morgan fingerprint density at radius 2 is 2.06 bits per heavy atom. The minimum Gasteiger partial charge on any atom is -0.434 e. The Bertz CT molecular complexity index is 402. The van der Waals surface area contributed by atoms with Crippen molar-refractivity contribution in [2.45, 2.75) is 32.6 Å². The second-order valence-electron chi connectivity index (χ2n) is 4.35. The van der Waals surface area contributed by atoms with Gasteiger partial charge in [-0.25, -0.2) is 0 Å². The normalized spacial score (nSPS) is 24.9. The van der Waals surface area contributed by atoms with Crippen LogP contribution in [0.5, 0.6) is 0 Å². The first-order valence-corrected chi connectivity index (χ1v) is 5.69. The van der Waals surface area contributed by atoms with Gasteiger partial charge in [-0.3, -0.25) is 9.63 Å². The Balaban J connectivity index is 2.07. The Morgan fingerprint density at radius 1 is 1.41 bits per heavy atom. The molecular weight excluding hydrogens is 218 g/mol. The second kappa shape index (κ2) is 4.85. The fraction of sp³-hybridized carbons (Fsp3) is 0.462. The SMILES string of the molecule is CC(=O)O[C@@H]1C[C@H](c2ccc(C)cc2)N(C)O1. The monoisotopic (exact) mass is 235 g/mol. The summed E-state index contributed by atoms with van der Waals surface area (Å²) in [5.74, 6) is -0.312. The molecule has 2 atom stereocenters. The van der Waals surface area contributed by atoms with Gasteiger partial charge < -0.3 is 4.74 Å². The van der Waals surface area contributed by atoms with Crippen LogP contribution in [0.1, 0.15) is 30.5 Å². The number of hydrogen-bond acceptors (Lipinski definition) is 4. The van der Waals surface area contributed by atoms with E-state index in [2.05, 4.69) is 31.2 Å². The standard InChI is InChI=1S/C13H17NO3/c1-9-4-6-11(7-5-9)12-8-13(16-10(2)15)17-14(12)3/h4-7,12-13H,8H2,1-3H3/t12-,13+/m1/s1. The molecule has 1 aliphatic rings. The van der Waals surface area contributed by atoms with Gasteiger partial charge in [-0.2, -0.15) is 5.06 Å². The third-order valence-corrected chi connectivity index (χ3v) is 2.90. The number of hydrogen-bond donors (Lipinski definition) is 0. The maximum Gasteiger partial charge on any atom is 0.304 e. The zero-order valence-corrected chi connectivity index (χ0v) is 10.3. The Morgan fingerprint density at radius 3 is 2.65 bits per heavy atom. The van der Waals surface area contributed by atoms with Crippen molar-refractivity contribution < 1.29 is 14.4 Å². The molecule has 2 rings (SSSR count). The summed E-state index contributed by atoms with van der Waals surface area (Å²) in [6, 6.07) is 8.44. The molecule has 0 bridgehead atoms. The van der Waals surface area contributed by atoms with Gasteiger partial charge in [0.15, 0.2) is 0 Å². The number of aryl methyl sites for hydroxylation is 1. The van der Waals surface area contributed by atoms with Crippen molar-refractivity contribution in [2.24, 2.45) is 0 Å². The lowest BCUT2D eigenvalue weighted by Gasteiger charge is -2.17. The third-order valence-electron chi connectivity index (χ3n) is 2.90. The van der Waals surface area contributed by atoms with E-state index >= 15 is 0 Å².